The van der Waals surface area contributed by atoms with Crippen molar-refractivity contribution in [1.82, 2.24) is 24.2 Å². The molecule has 3 heterocycles. The van der Waals surface area contributed by atoms with E-state index in [0.29, 0.717) is 67.3 Å². The Balaban J connectivity index is 1.27. The number of anilines is 2. The number of amides is 2. The van der Waals surface area contributed by atoms with Gasteiger partial charge < -0.3 is 25.6 Å². The van der Waals surface area contributed by atoms with Crippen LogP contribution in [-0.4, -0.2) is 76.3 Å². The number of ether oxygens (including phenoxy) is 1. The molecule has 2 amide bonds. The van der Waals surface area contributed by atoms with E-state index in [0.717, 1.165) is 17.7 Å². The van der Waals surface area contributed by atoms with Gasteiger partial charge >= 0.3 is 0 Å². The second-order valence-electron chi connectivity index (χ2n) is 10.6. The molecule has 0 saturated carbocycles. The third-order valence-electron chi connectivity index (χ3n) is 7.80. The van der Waals surface area contributed by atoms with E-state index in [9.17, 15) is 14.0 Å². The predicted molar refractivity (Wildman–Crippen MR) is 159 cm³/mol. The van der Waals surface area contributed by atoms with Crippen molar-refractivity contribution in [2.45, 2.75) is 26.2 Å². The summed E-state index contributed by atoms with van der Waals surface area (Å²) in [5.41, 5.74) is 9.73. The smallest absolute Gasteiger partial charge is 0.254 e. The second kappa shape index (κ2) is 12.6. The lowest BCUT2D eigenvalue weighted by Gasteiger charge is -2.33. The Hall–Kier alpha value is -4.51. The van der Waals surface area contributed by atoms with Gasteiger partial charge in [-0.2, -0.15) is 0 Å². The first kappa shape index (κ1) is 29.0. The summed E-state index contributed by atoms with van der Waals surface area (Å²) in [5.74, 6) is 0.283. The maximum atomic E-state index is 14.3. The number of nitrogens with zero attached hydrogens (tertiary/aromatic N) is 5. The highest BCUT2D eigenvalue weighted by Crippen LogP contribution is 2.29. The van der Waals surface area contributed by atoms with Gasteiger partial charge in [-0.25, -0.2) is 14.4 Å². The Bertz CT molecular complexity index is 1600. The van der Waals surface area contributed by atoms with Gasteiger partial charge in [0.1, 0.15) is 0 Å². The minimum atomic E-state index is -0.453. The van der Waals surface area contributed by atoms with Crippen LogP contribution in [0.25, 0.3) is 16.9 Å². The zero-order chi connectivity index (χ0) is 29.8. The van der Waals surface area contributed by atoms with Crippen LogP contribution in [0.3, 0.4) is 0 Å². The standard InChI is InChI=1S/C31H36FN7O3/c1-20-17-23(6-7-24(20)31(41)38-14-9-21(10-15-38)30(40)37(2)13-4-11-33)36-28-29-35-19-26(39(29)16-12-34-28)22-5-8-27(42-3)25(32)18-22/h5-8,12,16-19,21H,4,9-11,13-15,33H2,1-3H3,(H,34,36). The number of halogens is 1. The number of piperidine rings is 1. The summed E-state index contributed by atoms with van der Waals surface area (Å²) >= 11 is 0. The third kappa shape index (κ3) is 5.91. The topological polar surface area (TPSA) is 118 Å². The molecule has 1 aliphatic rings. The number of carbonyl (C=O) groups excluding carboxylic acids is 2. The van der Waals surface area contributed by atoms with E-state index in [1.807, 2.05) is 41.5 Å². The van der Waals surface area contributed by atoms with Gasteiger partial charge in [-0.3, -0.25) is 14.0 Å². The van der Waals surface area contributed by atoms with E-state index >= 15 is 0 Å². The Morgan fingerprint density at radius 2 is 1.95 bits per heavy atom. The van der Waals surface area contributed by atoms with Gasteiger partial charge in [-0.15, -0.1) is 0 Å². The molecular formula is C31H36FN7O3. The molecule has 1 saturated heterocycles. The fourth-order valence-electron chi connectivity index (χ4n) is 5.41. The van der Waals surface area contributed by atoms with Crippen molar-refractivity contribution in [2.75, 3.05) is 45.7 Å². The highest BCUT2D eigenvalue weighted by molar-refractivity contribution is 5.96. The molecule has 1 fully saturated rings. The van der Waals surface area contributed by atoms with Crippen molar-refractivity contribution in [3.05, 3.63) is 71.9 Å². The van der Waals surface area contributed by atoms with Crippen molar-refractivity contribution in [2.24, 2.45) is 11.7 Å². The third-order valence-corrected chi connectivity index (χ3v) is 7.80. The first-order valence-corrected chi connectivity index (χ1v) is 14.1. The lowest BCUT2D eigenvalue weighted by atomic mass is 9.94. The average Bonchev–Trinajstić information content (AvgIpc) is 3.44. The molecule has 1 aliphatic heterocycles. The average molecular weight is 574 g/mol. The van der Waals surface area contributed by atoms with E-state index in [1.54, 1.807) is 35.6 Å². The molecule has 0 aliphatic carbocycles. The highest BCUT2D eigenvalue weighted by Gasteiger charge is 2.30. The molecule has 3 N–H and O–H groups in total. The molecule has 42 heavy (non-hydrogen) atoms. The predicted octanol–water partition coefficient (Wildman–Crippen LogP) is 4.26. The molecule has 10 nitrogen and oxygen atoms in total. The van der Waals surface area contributed by atoms with Crippen LogP contribution in [0.2, 0.25) is 0 Å². The molecule has 220 valence electrons. The highest BCUT2D eigenvalue weighted by atomic mass is 19.1. The van der Waals surface area contributed by atoms with Crippen LogP contribution in [0.15, 0.2) is 55.0 Å². The number of methoxy groups -OCH3 is 1. The number of aryl methyl sites for hydroxylation is 1. The van der Waals surface area contributed by atoms with Crippen molar-refractivity contribution >= 4 is 29.0 Å². The number of benzene rings is 2. The summed E-state index contributed by atoms with van der Waals surface area (Å²) in [6.07, 6.45) is 7.18. The molecule has 0 unspecified atom stereocenters. The van der Waals surface area contributed by atoms with Gasteiger partial charge in [0, 0.05) is 61.8 Å². The molecule has 2 aromatic carbocycles. The number of hydrogen-bond donors (Lipinski definition) is 2. The number of imidazole rings is 1. The number of nitrogens with one attached hydrogen (secondary N) is 1. The minimum Gasteiger partial charge on any atom is -0.494 e. The van der Waals surface area contributed by atoms with Crippen LogP contribution in [0, 0.1) is 18.7 Å². The van der Waals surface area contributed by atoms with Gasteiger partial charge in [0.2, 0.25) is 5.91 Å². The van der Waals surface area contributed by atoms with Crippen molar-refractivity contribution in [3.63, 3.8) is 0 Å². The van der Waals surface area contributed by atoms with E-state index in [1.165, 1.54) is 13.2 Å². The van der Waals surface area contributed by atoms with Crippen LogP contribution in [0.4, 0.5) is 15.9 Å². The van der Waals surface area contributed by atoms with Gasteiger partial charge in [-0.1, -0.05) is 0 Å². The van der Waals surface area contributed by atoms with Crippen molar-refractivity contribution in [1.29, 1.82) is 0 Å². The maximum absolute atomic E-state index is 14.3. The van der Waals surface area contributed by atoms with Crippen molar-refractivity contribution in [3.8, 4) is 17.0 Å². The van der Waals surface area contributed by atoms with Gasteiger partial charge in [0.05, 0.1) is 19.0 Å². The molecule has 5 rings (SSSR count). The quantitative estimate of drug-likeness (QED) is 0.307. The largest absolute Gasteiger partial charge is 0.494 e. The molecule has 0 atom stereocenters. The summed E-state index contributed by atoms with van der Waals surface area (Å²) in [5, 5.41) is 3.31. The Morgan fingerprint density at radius 1 is 1.17 bits per heavy atom. The molecular weight excluding hydrogens is 537 g/mol. The van der Waals surface area contributed by atoms with Gasteiger partial charge in [0.25, 0.3) is 5.91 Å². The van der Waals surface area contributed by atoms with Gasteiger partial charge in [0.15, 0.2) is 23.0 Å². The molecule has 2 aromatic heterocycles. The number of likely N-dealkylation sites (tertiary alicyclic amines) is 1. The lowest BCUT2D eigenvalue weighted by Crippen LogP contribution is -2.44. The van der Waals surface area contributed by atoms with Crippen LogP contribution in [-0.2, 0) is 4.79 Å². The van der Waals surface area contributed by atoms with Crippen LogP contribution in [0.5, 0.6) is 5.75 Å². The maximum Gasteiger partial charge on any atom is 0.254 e. The number of rotatable bonds is 9. The van der Waals surface area contributed by atoms with E-state index in [4.69, 9.17) is 10.5 Å². The normalized spacial score (nSPS) is 13.8. The van der Waals surface area contributed by atoms with Gasteiger partial charge in [-0.05, 0) is 74.7 Å². The lowest BCUT2D eigenvalue weighted by molar-refractivity contribution is -0.135. The summed E-state index contributed by atoms with van der Waals surface area (Å²) in [6.45, 7) is 4.21. The minimum absolute atomic E-state index is 0.0358. The zero-order valence-electron chi connectivity index (χ0n) is 24.1. The molecule has 4 aromatic rings. The van der Waals surface area contributed by atoms with Crippen molar-refractivity contribution < 1.29 is 18.7 Å². The van der Waals surface area contributed by atoms with E-state index in [2.05, 4.69) is 15.3 Å². The first-order chi connectivity index (χ1) is 20.3. The molecule has 0 radical (unpaired) electrons. The second-order valence-corrected chi connectivity index (χ2v) is 10.6. The fourth-order valence-corrected chi connectivity index (χ4v) is 5.41. The Labute approximate surface area is 244 Å². The molecule has 0 spiro atoms. The van der Waals surface area contributed by atoms with E-state index < -0.39 is 5.82 Å². The molecule has 11 heteroatoms. The summed E-state index contributed by atoms with van der Waals surface area (Å²) in [6, 6.07) is 10.3. The van der Waals surface area contributed by atoms with Crippen LogP contribution in [0.1, 0.15) is 35.2 Å². The number of hydrogen-bond acceptors (Lipinski definition) is 7. The first-order valence-electron chi connectivity index (χ1n) is 14.1. The SMILES string of the molecule is COc1ccc(-c2cnc3c(Nc4ccc(C(=O)N5CCC(C(=O)N(C)CCCN)CC5)c(C)c4)nccn23)cc1F. The summed E-state index contributed by atoms with van der Waals surface area (Å²) in [7, 11) is 3.25. The molecule has 0 bridgehead atoms. The monoisotopic (exact) mass is 573 g/mol. The number of fused-ring (bicyclic) bond motifs is 1. The number of aromatic nitrogens is 3. The number of carbonyl (C=O) groups is 2. The van der Waals surface area contributed by atoms with Crippen LogP contribution < -0.4 is 15.8 Å². The van der Waals surface area contributed by atoms with Crippen LogP contribution >= 0.6 is 0 Å². The summed E-state index contributed by atoms with van der Waals surface area (Å²) in [4.78, 5) is 38.7. The number of nitrogens with two attached hydrogens (primary N) is 1. The Morgan fingerprint density at radius 3 is 2.64 bits per heavy atom. The fraction of sp³-hybridized carbons (Fsp3) is 0.355. The Kier molecular flexibility index (Phi) is 8.67. The van der Waals surface area contributed by atoms with E-state index in [-0.39, 0.29) is 23.5 Å². The summed E-state index contributed by atoms with van der Waals surface area (Å²) < 4.78 is 21.2. The zero-order valence-corrected chi connectivity index (χ0v) is 24.1.